The summed E-state index contributed by atoms with van der Waals surface area (Å²) in [6, 6.07) is 2.44. The van der Waals surface area contributed by atoms with E-state index in [0.717, 1.165) is 0 Å². The molecule has 8 nitrogen and oxygen atoms in total. The number of aromatic nitrogens is 1. The fourth-order valence-corrected chi connectivity index (χ4v) is 1.36. The molecule has 0 bridgehead atoms. The molecule has 1 aromatic heterocycles. The van der Waals surface area contributed by atoms with Crippen LogP contribution in [0, 0.1) is 10.1 Å². The van der Waals surface area contributed by atoms with E-state index in [-0.39, 0.29) is 12.5 Å². The van der Waals surface area contributed by atoms with Gasteiger partial charge in [0.25, 0.3) is 5.91 Å². The van der Waals surface area contributed by atoms with Crippen LogP contribution in [-0.4, -0.2) is 40.7 Å². The van der Waals surface area contributed by atoms with Crippen LogP contribution < -0.4 is 5.32 Å². The zero-order valence-corrected chi connectivity index (χ0v) is 12.4. The Morgan fingerprint density at radius 1 is 1.64 bits per heavy atom. The van der Waals surface area contributed by atoms with Gasteiger partial charge >= 0.3 is 0 Å². The first kappa shape index (κ1) is 17.3. The normalized spacial score (nSPS) is 12.9. The number of carbonyl (C=O) groups is 1. The van der Waals surface area contributed by atoms with Crippen LogP contribution >= 0.6 is 0 Å². The van der Waals surface area contributed by atoms with E-state index in [2.05, 4.69) is 15.5 Å². The molecule has 1 N–H and O–H groups in total. The fraction of sp³-hybridized carbons (Fsp3) is 0.357. The highest BCUT2D eigenvalue weighted by atomic mass is 16.6. The van der Waals surface area contributed by atoms with E-state index in [1.807, 2.05) is 0 Å². The van der Waals surface area contributed by atoms with Gasteiger partial charge in [0, 0.05) is 24.2 Å². The maximum Gasteiger partial charge on any atom is 0.253 e. The average Bonchev–Trinajstić information content (AvgIpc) is 2.54. The van der Waals surface area contributed by atoms with E-state index >= 15 is 0 Å². The van der Waals surface area contributed by atoms with Crippen molar-refractivity contribution >= 4 is 11.6 Å². The summed E-state index contributed by atoms with van der Waals surface area (Å²) >= 11 is 0. The average molecular weight is 306 g/mol. The highest BCUT2D eigenvalue weighted by Gasteiger charge is 2.09. The Balaban J connectivity index is 2.66. The van der Waals surface area contributed by atoms with E-state index in [0.29, 0.717) is 17.9 Å². The maximum absolute atomic E-state index is 11.9. The number of carbonyl (C=O) groups excluding carboxylic acids is 1. The monoisotopic (exact) mass is 306 g/mol. The van der Waals surface area contributed by atoms with Gasteiger partial charge in [-0.2, -0.15) is 0 Å². The third-order valence-electron chi connectivity index (χ3n) is 2.56. The molecule has 0 spiro atoms. The van der Waals surface area contributed by atoms with Crippen LogP contribution in [0.15, 0.2) is 41.8 Å². The quantitative estimate of drug-likeness (QED) is 0.444. The van der Waals surface area contributed by atoms with Crippen LogP contribution in [0.1, 0.15) is 24.2 Å². The second-order valence-electron chi connectivity index (χ2n) is 4.31. The van der Waals surface area contributed by atoms with Crippen LogP contribution in [0.3, 0.4) is 0 Å². The molecule has 1 heterocycles. The number of nitrogens with one attached hydrogen (secondary N) is 1. The molecule has 1 rings (SSSR count). The van der Waals surface area contributed by atoms with Crippen molar-refractivity contribution < 1.29 is 14.6 Å². The van der Waals surface area contributed by atoms with Crippen LogP contribution in [-0.2, 0) is 4.84 Å². The molecule has 0 aliphatic carbocycles. The van der Waals surface area contributed by atoms with Crippen LogP contribution in [0.25, 0.3) is 0 Å². The van der Waals surface area contributed by atoms with Crippen molar-refractivity contribution in [3.63, 3.8) is 0 Å². The van der Waals surface area contributed by atoms with Crippen molar-refractivity contribution in [1.29, 1.82) is 0 Å². The van der Waals surface area contributed by atoms with E-state index in [9.17, 15) is 14.9 Å². The van der Waals surface area contributed by atoms with E-state index in [4.69, 9.17) is 4.84 Å². The molecular formula is C14H18N4O4. The summed E-state index contributed by atoms with van der Waals surface area (Å²) in [7, 11) is 0. The third-order valence-corrected chi connectivity index (χ3v) is 2.56. The number of hydrogen-bond donors (Lipinski definition) is 1. The molecule has 8 heteroatoms. The summed E-state index contributed by atoms with van der Waals surface area (Å²) in [6.45, 7) is 3.66. The minimum atomic E-state index is -0.846. The zero-order chi connectivity index (χ0) is 16.4. The highest BCUT2D eigenvalue weighted by Crippen LogP contribution is 1.96. The predicted molar refractivity (Wildman–Crippen MR) is 81.2 cm³/mol. The lowest BCUT2D eigenvalue weighted by Crippen LogP contribution is -2.29. The summed E-state index contributed by atoms with van der Waals surface area (Å²) in [5.41, 5.74) is 0.800. The Bertz CT molecular complexity index is 557. The minimum Gasteiger partial charge on any atom is -0.396 e. The lowest BCUT2D eigenvalue weighted by Gasteiger charge is -2.05. The Labute approximate surface area is 128 Å². The Kier molecular flexibility index (Phi) is 7.24. The summed E-state index contributed by atoms with van der Waals surface area (Å²) in [6.07, 6.45) is 5.86. The number of hydrogen-bond acceptors (Lipinski definition) is 6. The van der Waals surface area contributed by atoms with Gasteiger partial charge in [-0.05, 0) is 31.2 Å². The molecule has 0 aromatic carbocycles. The molecule has 0 saturated heterocycles. The van der Waals surface area contributed by atoms with Gasteiger partial charge in [0.15, 0.2) is 0 Å². The Morgan fingerprint density at radius 2 is 2.41 bits per heavy atom. The summed E-state index contributed by atoms with van der Waals surface area (Å²) in [4.78, 5) is 30.8. The SMILES string of the molecule is CCON=C(/C=C/[C@H](C)[N+](=O)[O-])CNC(=O)c1cccnc1. The fourth-order valence-electron chi connectivity index (χ4n) is 1.36. The molecule has 0 unspecified atom stereocenters. The summed E-state index contributed by atoms with van der Waals surface area (Å²) in [5, 5.41) is 17.0. The lowest BCUT2D eigenvalue weighted by atomic mass is 10.2. The number of pyridine rings is 1. The van der Waals surface area contributed by atoms with Gasteiger partial charge in [-0.15, -0.1) is 0 Å². The summed E-state index contributed by atoms with van der Waals surface area (Å²) < 4.78 is 0. The third kappa shape index (κ3) is 6.12. The smallest absolute Gasteiger partial charge is 0.253 e. The topological polar surface area (TPSA) is 107 Å². The first-order chi connectivity index (χ1) is 10.5. The van der Waals surface area contributed by atoms with Crippen molar-refractivity contribution in [2.75, 3.05) is 13.2 Å². The first-order valence-electron chi connectivity index (χ1n) is 6.73. The van der Waals surface area contributed by atoms with Gasteiger partial charge < -0.3 is 10.2 Å². The van der Waals surface area contributed by atoms with E-state index < -0.39 is 11.0 Å². The second kappa shape index (κ2) is 9.22. The minimum absolute atomic E-state index is 0.0919. The van der Waals surface area contributed by atoms with Crippen molar-refractivity contribution in [1.82, 2.24) is 10.3 Å². The van der Waals surface area contributed by atoms with Gasteiger partial charge in [-0.25, -0.2) is 0 Å². The van der Waals surface area contributed by atoms with Gasteiger partial charge in [0.1, 0.15) is 6.61 Å². The van der Waals surface area contributed by atoms with Crippen molar-refractivity contribution in [3.8, 4) is 0 Å². The molecule has 22 heavy (non-hydrogen) atoms. The summed E-state index contributed by atoms with van der Waals surface area (Å²) in [5.74, 6) is -0.312. The number of nitrogens with zero attached hydrogens (tertiary/aromatic N) is 3. The molecule has 1 aromatic rings. The predicted octanol–water partition coefficient (Wildman–Crippen LogP) is 1.43. The maximum atomic E-state index is 11.9. The van der Waals surface area contributed by atoms with E-state index in [1.165, 1.54) is 25.3 Å². The van der Waals surface area contributed by atoms with Gasteiger partial charge in [-0.3, -0.25) is 19.9 Å². The Morgan fingerprint density at radius 3 is 3.00 bits per heavy atom. The van der Waals surface area contributed by atoms with Crippen molar-refractivity contribution in [2.24, 2.45) is 5.16 Å². The molecular weight excluding hydrogens is 288 g/mol. The zero-order valence-electron chi connectivity index (χ0n) is 12.4. The number of amides is 1. The van der Waals surface area contributed by atoms with E-state index in [1.54, 1.807) is 25.3 Å². The molecule has 1 atom stereocenters. The van der Waals surface area contributed by atoms with Crippen molar-refractivity contribution in [2.45, 2.75) is 19.9 Å². The first-order valence-corrected chi connectivity index (χ1v) is 6.73. The molecule has 0 radical (unpaired) electrons. The standard InChI is InChI=1S/C14H18N4O4/c1-3-22-17-13(7-6-11(2)18(20)21)10-16-14(19)12-5-4-8-15-9-12/h4-9,11H,3,10H2,1-2H3,(H,16,19)/b7-6+,17-13?/t11-/m0/s1. The molecule has 118 valence electrons. The van der Waals surface area contributed by atoms with Gasteiger partial charge in [0.2, 0.25) is 6.04 Å². The van der Waals surface area contributed by atoms with Crippen LogP contribution in [0.2, 0.25) is 0 Å². The van der Waals surface area contributed by atoms with Crippen LogP contribution in [0.5, 0.6) is 0 Å². The number of rotatable bonds is 8. The molecule has 0 saturated carbocycles. The highest BCUT2D eigenvalue weighted by molar-refractivity contribution is 6.01. The Hall–Kier alpha value is -2.77. The van der Waals surface area contributed by atoms with Crippen molar-refractivity contribution in [3.05, 3.63) is 52.4 Å². The second-order valence-corrected chi connectivity index (χ2v) is 4.31. The number of nitro groups is 1. The largest absolute Gasteiger partial charge is 0.396 e. The molecule has 1 amide bonds. The number of oxime groups is 1. The molecule has 0 aliphatic rings. The van der Waals surface area contributed by atoms with Gasteiger partial charge in [-0.1, -0.05) is 5.16 Å². The van der Waals surface area contributed by atoms with Crippen LogP contribution in [0.4, 0.5) is 0 Å². The molecule has 0 fully saturated rings. The van der Waals surface area contributed by atoms with Gasteiger partial charge in [0.05, 0.1) is 17.8 Å². The molecule has 0 aliphatic heterocycles. The lowest BCUT2D eigenvalue weighted by molar-refractivity contribution is -0.504.